The number of hydrogen-bond donors (Lipinski definition) is 1. The second-order valence-electron chi connectivity index (χ2n) is 4.99. The third kappa shape index (κ3) is 2.66. The first-order valence-electron chi connectivity index (χ1n) is 6.69. The van der Waals surface area contributed by atoms with E-state index < -0.39 is 10.0 Å². The fourth-order valence-corrected chi connectivity index (χ4v) is 3.10. The van der Waals surface area contributed by atoms with Gasteiger partial charge in [0.2, 0.25) is 10.0 Å². The fraction of sp³-hybridized carbons (Fsp3) is 0.0625. The second-order valence-corrected chi connectivity index (χ2v) is 6.52. The van der Waals surface area contributed by atoms with Crippen LogP contribution >= 0.6 is 0 Å². The van der Waals surface area contributed by atoms with E-state index in [1.807, 2.05) is 31.2 Å². The number of hydrogen-bond acceptors (Lipinski definition) is 3. The number of aromatic nitrogens is 2. The predicted octanol–water partition coefficient (Wildman–Crippen LogP) is 2.50. The monoisotopic (exact) mass is 313 g/mol. The van der Waals surface area contributed by atoms with E-state index in [4.69, 9.17) is 5.14 Å². The number of rotatable bonds is 3. The number of nitrogens with two attached hydrogens (primary N) is 1. The molecule has 22 heavy (non-hydrogen) atoms. The summed E-state index contributed by atoms with van der Waals surface area (Å²) in [7, 11) is -3.81. The zero-order chi connectivity index (χ0) is 15.7. The lowest BCUT2D eigenvalue weighted by molar-refractivity contribution is 0.597. The van der Waals surface area contributed by atoms with Crippen molar-refractivity contribution in [3.63, 3.8) is 0 Å². The Hall–Kier alpha value is -2.44. The van der Waals surface area contributed by atoms with Crippen LogP contribution in [0.3, 0.4) is 0 Å². The summed E-state index contributed by atoms with van der Waals surface area (Å²) in [4.78, 5) is 4.44. The van der Waals surface area contributed by atoms with Crippen LogP contribution < -0.4 is 5.14 Å². The highest BCUT2D eigenvalue weighted by Crippen LogP contribution is 2.26. The minimum atomic E-state index is -3.81. The minimum Gasteiger partial charge on any atom is -0.314 e. The highest BCUT2D eigenvalue weighted by atomic mass is 32.2. The van der Waals surface area contributed by atoms with Gasteiger partial charge in [0, 0.05) is 12.4 Å². The van der Waals surface area contributed by atoms with Crippen LogP contribution in [0.15, 0.2) is 65.8 Å². The molecule has 2 aromatic heterocycles. The Labute approximate surface area is 129 Å². The van der Waals surface area contributed by atoms with Crippen molar-refractivity contribution in [3.8, 4) is 17.1 Å². The van der Waals surface area contributed by atoms with Crippen LogP contribution in [0.4, 0.5) is 0 Å². The summed E-state index contributed by atoms with van der Waals surface area (Å²) in [6.45, 7) is 1.98. The number of nitrogens with zero attached hydrogens (tertiary/aromatic N) is 2. The molecule has 1 aromatic carbocycles. The zero-order valence-electron chi connectivity index (χ0n) is 12.0. The second kappa shape index (κ2) is 5.40. The lowest BCUT2D eigenvalue weighted by atomic mass is 10.2. The van der Waals surface area contributed by atoms with Gasteiger partial charge in [-0.2, -0.15) is 0 Å². The van der Waals surface area contributed by atoms with Gasteiger partial charge in [0.1, 0.15) is 4.90 Å². The lowest BCUT2D eigenvalue weighted by Gasteiger charge is -2.12. The minimum absolute atomic E-state index is 0.0834. The predicted molar refractivity (Wildman–Crippen MR) is 85.1 cm³/mol. The highest BCUT2D eigenvalue weighted by molar-refractivity contribution is 7.89. The van der Waals surface area contributed by atoms with Gasteiger partial charge in [-0.05, 0) is 48.9 Å². The molecule has 0 unspecified atom stereocenters. The summed E-state index contributed by atoms with van der Waals surface area (Å²) in [6.07, 6.45) is 3.52. The van der Waals surface area contributed by atoms with Crippen molar-refractivity contribution >= 4 is 10.0 Å². The summed E-state index contributed by atoms with van der Waals surface area (Å²) in [5, 5.41) is 5.32. The van der Waals surface area contributed by atoms with Gasteiger partial charge in [0.15, 0.2) is 0 Å². The first kappa shape index (κ1) is 14.5. The van der Waals surface area contributed by atoms with Crippen molar-refractivity contribution in [1.29, 1.82) is 0 Å². The Kier molecular flexibility index (Phi) is 3.56. The maximum absolute atomic E-state index is 11.8. The Bertz CT molecular complexity index is 930. The maximum Gasteiger partial charge on any atom is 0.240 e. The van der Waals surface area contributed by atoms with E-state index in [0.29, 0.717) is 5.69 Å². The smallest absolute Gasteiger partial charge is 0.240 e. The van der Waals surface area contributed by atoms with Gasteiger partial charge in [-0.1, -0.05) is 12.1 Å². The van der Waals surface area contributed by atoms with Crippen LogP contribution in [0.2, 0.25) is 0 Å². The standard InChI is InChI=1S/C16H15N3O2S/c1-12-8-9-18-13(11-12)14-6-4-10-19(14)15-5-2-3-7-16(15)22(17,20)21/h2-11H,1H3,(H2,17,20,21). The normalized spacial score (nSPS) is 11.5. The van der Waals surface area contributed by atoms with Gasteiger partial charge < -0.3 is 4.57 Å². The van der Waals surface area contributed by atoms with Crippen molar-refractivity contribution in [3.05, 3.63) is 66.5 Å². The number of para-hydroxylation sites is 1. The van der Waals surface area contributed by atoms with E-state index in [-0.39, 0.29) is 4.90 Å². The molecule has 6 heteroatoms. The molecule has 112 valence electrons. The van der Waals surface area contributed by atoms with Crippen molar-refractivity contribution in [2.75, 3.05) is 0 Å². The molecular weight excluding hydrogens is 298 g/mol. The van der Waals surface area contributed by atoms with Gasteiger partial charge in [-0.15, -0.1) is 0 Å². The molecular formula is C16H15N3O2S. The number of pyridine rings is 1. The molecule has 0 spiro atoms. The van der Waals surface area contributed by atoms with Crippen molar-refractivity contribution < 1.29 is 8.42 Å². The molecule has 0 saturated heterocycles. The first-order valence-corrected chi connectivity index (χ1v) is 8.24. The van der Waals surface area contributed by atoms with E-state index in [2.05, 4.69) is 4.98 Å². The van der Waals surface area contributed by atoms with E-state index in [9.17, 15) is 8.42 Å². The van der Waals surface area contributed by atoms with Crippen LogP contribution in [0.1, 0.15) is 5.56 Å². The van der Waals surface area contributed by atoms with Crippen LogP contribution in [-0.4, -0.2) is 18.0 Å². The number of benzene rings is 1. The summed E-state index contributed by atoms with van der Waals surface area (Å²) in [5.41, 5.74) is 3.17. The van der Waals surface area contributed by atoms with E-state index in [1.165, 1.54) is 6.07 Å². The summed E-state index contributed by atoms with van der Waals surface area (Å²) < 4.78 is 25.4. The molecule has 0 atom stereocenters. The van der Waals surface area contributed by atoms with E-state index in [1.54, 1.807) is 35.2 Å². The molecule has 0 aliphatic rings. The van der Waals surface area contributed by atoms with Gasteiger partial charge >= 0.3 is 0 Å². The molecule has 2 heterocycles. The topological polar surface area (TPSA) is 78.0 Å². The zero-order valence-corrected chi connectivity index (χ0v) is 12.8. The molecule has 0 radical (unpaired) electrons. The largest absolute Gasteiger partial charge is 0.314 e. The average Bonchev–Trinajstić information content (AvgIpc) is 2.95. The Morgan fingerprint density at radius 2 is 1.86 bits per heavy atom. The van der Waals surface area contributed by atoms with E-state index >= 15 is 0 Å². The molecule has 5 nitrogen and oxygen atoms in total. The summed E-state index contributed by atoms with van der Waals surface area (Å²) in [6, 6.07) is 14.2. The molecule has 0 aliphatic carbocycles. The molecule has 0 bridgehead atoms. The van der Waals surface area contributed by atoms with Crippen LogP contribution in [0.5, 0.6) is 0 Å². The van der Waals surface area contributed by atoms with Gasteiger partial charge in [-0.25, -0.2) is 13.6 Å². The van der Waals surface area contributed by atoms with Crippen molar-refractivity contribution in [2.24, 2.45) is 5.14 Å². The number of sulfonamides is 1. The quantitative estimate of drug-likeness (QED) is 0.807. The molecule has 0 aliphatic heterocycles. The number of aryl methyl sites for hydroxylation is 1. The molecule has 3 aromatic rings. The van der Waals surface area contributed by atoms with Crippen LogP contribution in [0.25, 0.3) is 17.1 Å². The molecule has 2 N–H and O–H groups in total. The first-order chi connectivity index (χ1) is 10.5. The molecule has 0 saturated carbocycles. The summed E-state index contributed by atoms with van der Waals surface area (Å²) >= 11 is 0. The van der Waals surface area contributed by atoms with Gasteiger partial charge in [0.05, 0.1) is 17.1 Å². The SMILES string of the molecule is Cc1ccnc(-c2cccn2-c2ccccc2S(N)(=O)=O)c1. The lowest BCUT2D eigenvalue weighted by Crippen LogP contribution is -2.15. The van der Waals surface area contributed by atoms with Crippen molar-refractivity contribution in [1.82, 2.24) is 9.55 Å². The number of primary sulfonamides is 1. The van der Waals surface area contributed by atoms with Gasteiger partial charge in [-0.3, -0.25) is 4.98 Å². The Balaban J connectivity index is 2.23. The van der Waals surface area contributed by atoms with Crippen LogP contribution in [0, 0.1) is 6.92 Å². The molecule has 3 rings (SSSR count). The summed E-state index contributed by atoms with van der Waals surface area (Å²) in [5.74, 6) is 0. The third-order valence-electron chi connectivity index (χ3n) is 3.36. The molecule has 0 amide bonds. The van der Waals surface area contributed by atoms with E-state index in [0.717, 1.165) is 17.0 Å². The van der Waals surface area contributed by atoms with Crippen molar-refractivity contribution in [2.45, 2.75) is 11.8 Å². The molecule has 0 fully saturated rings. The fourth-order valence-electron chi connectivity index (χ4n) is 2.37. The average molecular weight is 313 g/mol. The van der Waals surface area contributed by atoms with Gasteiger partial charge in [0.25, 0.3) is 0 Å². The van der Waals surface area contributed by atoms with Crippen LogP contribution in [-0.2, 0) is 10.0 Å². The third-order valence-corrected chi connectivity index (χ3v) is 4.32. The Morgan fingerprint density at radius 1 is 1.09 bits per heavy atom. The Morgan fingerprint density at radius 3 is 2.59 bits per heavy atom. The highest BCUT2D eigenvalue weighted by Gasteiger charge is 2.16. The maximum atomic E-state index is 11.8.